The topological polar surface area (TPSA) is 73.6 Å². The maximum Gasteiger partial charge on any atom is 0.417 e. The first-order valence-electron chi connectivity index (χ1n) is 9.99. The van der Waals surface area contributed by atoms with Gasteiger partial charge in [0, 0.05) is 29.4 Å². The number of nitrogens with zero attached hydrogens (tertiary/aromatic N) is 2. The zero-order valence-electron chi connectivity index (χ0n) is 17.6. The van der Waals surface area contributed by atoms with Crippen LogP contribution in [-0.2, 0) is 6.18 Å². The third-order valence-corrected chi connectivity index (χ3v) is 4.75. The summed E-state index contributed by atoms with van der Waals surface area (Å²) in [6.45, 7) is 3.81. The Morgan fingerprint density at radius 1 is 1.00 bits per heavy atom. The van der Waals surface area contributed by atoms with Crippen LogP contribution in [0.25, 0.3) is 16.6 Å². The van der Waals surface area contributed by atoms with Gasteiger partial charge in [0.15, 0.2) is 0 Å². The molecule has 0 bridgehead atoms. The lowest BCUT2D eigenvalue weighted by atomic mass is 10.2. The molecule has 0 saturated carbocycles. The smallest absolute Gasteiger partial charge is 0.417 e. The Hall–Kier alpha value is -4.01. The minimum absolute atomic E-state index is 0.00338. The lowest BCUT2D eigenvalue weighted by Crippen LogP contribution is -2.07. The van der Waals surface area contributed by atoms with Gasteiger partial charge in [0.2, 0.25) is 5.88 Å². The van der Waals surface area contributed by atoms with Crippen LogP contribution >= 0.6 is 0 Å². The molecule has 0 spiro atoms. The first-order valence-corrected chi connectivity index (χ1v) is 9.99. The third-order valence-electron chi connectivity index (χ3n) is 4.75. The van der Waals surface area contributed by atoms with Crippen molar-refractivity contribution in [1.29, 1.82) is 0 Å². The monoisotopic (exact) mass is 456 g/mol. The van der Waals surface area contributed by atoms with Crippen LogP contribution in [0.5, 0.6) is 17.4 Å². The predicted molar refractivity (Wildman–Crippen MR) is 115 cm³/mol. The van der Waals surface area contributed by atoms with E-state index < -0.39 is 17.7 Å². The van der Waals surface area contributed by atoms with Crippen molar-refractivity contribution < 1.29 is 32.5 Å². The molecule has 0 atom stereocenters. The molecule has 9 heteroatoms. The van der Waals surface area contributed by atoms with Crippen molar-refractivity contribution in [2.45, 2.75) is 26.1 Å². The highest BCUT2D eigenvalue weighted by molar-refractivity contribution is 5.96. The van der Waals surface area contributed by atoms with Crippen LogP contribution in [0.2, 0.25) is 0 Å². The van der Waals surface area contributed by atoms with Gasteiger partial charge in [-0.05, 0) is 62.4 Å². The molecule has 1 N–H and O–H groups in total. The normalized spacial score (nSPS) is 11.7. The molecular formula is C24H19F3N2O4. The fourth-order valence-corrected chi connectivity index (χ4v) is 3.35. The Morgan fingerprint density at radius 2 is 1.70 bits per heavy atom. The number of pyridine rings is 1. The second-order valence-corrected chi connectivity index (χ2v) is 7.54. The number of halogens is 3. The fourth-order valence-electron chi connectivity index (χ4n) is 3.35. The molecule has 6 nitrogen and oxygen atoms in total. The number of carbonyl (C=O) groups is 1. The lowest BCUT2D eigenvalue weighted by Gasteiger charge is -2.13. The molecule has 0 aliphatic rings. The number of aromatic carboxylic acids is 1. The summed E-state index contributed by atoms with van der Waals surface area (Å²) in [6, 6.07) is 15.4. The molecule has 2 aromatic heterocycles. The average Bonchev–Trinajstić information content (AvgIpc) is 3.13. The largest absolute Gasteiger partial charge is 0.491 e. The van der Waals surface area contributed by atoms with Crippen LogP contribution in [0.3, 0.4) is 0 Å². The number of hydrogen-bond donors (Lipinski definition) is 1. The maximum atomic E-state index is 12.7. The Morgan fingerprint density at radius 3 is 2.27 bits per heavy atom. The highest BCUT2D eigenvalue weighted by Crippen LogP contribution is 2.32. The van der Waals surface area contributed by atoms with E-state index in [0.717, 1.165) is 12.1 Å². The van der Waals surface area contributed by atoms with E-state index in [0.29, 0.717) is 34.3 Å². The highest BCUT2D eigenvalue weighted by atomic mass is 19.4. The summed E-state index contributed by atoms with van der Waals surface area (Å²) < 4.78 is 51.0. The minimum atomic E-state index is -4.49. The van der Waals surface area contributed by atoms with Crippen molar-refractivity contribution in [1.82, 2.24) is 9.55 Å². The number of aromatic nitrogens is 2. The lowest BCUT2D eigenvalue weighted by molar-refractivity contribution is -0.137. The van der Waals surface area contributed by atoms with Crippen LogP contribution in [0.4, 0.5) is 13.2 Å². The van der Waals surface area contributed by atoms with Crippen molar-refractivity contribution in [3.63, 3.8) is 0 Å². The van der Waals surface area contributed by atoms with Gasteiger partial charge in [0.1, 0.15) is 17.2 Å². The Bertz CT molecular complexity index is 1290. The van der Waals surface area contributed by atoms with Crippen molar-refractivity contribution in [3.05, 3.63) is 78.1 Å². The molecule has 2 heterocycles. The molecule has 0 aliphatic heterocycles. The molecule has 4 rings (SSSR count). The number of rotatable bonds is 6. The number of ether oxygens (including phenoxy) is 2. The second kappa shape index (κ2) is 8.50. The van der Waals surface area contributed by atoms with Crippen molar-refractivity contribution in [2.75, 3.05) is 0 Å². The maximum absolute atomic E-state index is 12.7. The molecule has 0 amide bonds. The summed E-state index contributed by atoms with van der Waals surface area (Å²) in [5.41, 5.74) is 0.320. The Balaban J connectivity index is 1.71. The Labute approximate surface area is 186 Å². The van der Waals surface area contributed by atoms with E-state index in [4.69, 9.17) is 9.47 Å². The number of carboxylic acids is 1. The quantitative estimate of drug-likeness (QED) is 0.367. The zero-order chi connectivity index (χ0) is 23.8. The van der Waals surface area contributed by atoms with E-state index in [2.05, 4.69) is 4.98 Å². The molecule has 4 aromatic rings. The summed E-state index contributed by atoms with van der Waals surface area (Å²) in [6.07, 6.45) is -3.80. The molecule has 0 aliphatic carbocycles. The van der Waals surface area contributed by atoms with Crippen molar-refractivity contribution in [3.8, 4) is 23.1 Å². The number of fused-ring (bicyclic) bond motifs is 1. The van der Waals surface area contributed by atoms with Gasteiger partial charge >= 0.3 is 12.1 Å². The standard InChI is InChI=1S/C24H19F3N2O4/c1-14(2)32-18-8-5-17(6-9-18)29-20-12-19(7-3-15(20)11-21(29)23(30)31)33-22-10-4-16(13-28-22)24(25,26)27/h3-14H,1-2H3,(H,30,31). The predicted octanol–water partition coefficient (Wildman–Crippen LogP) is 6.32. The first-order chi connectivity index (χ1) is 15.6. The first kappa shape index (κ1) is 22.2. The van der Waals surface area contributed by atoms with Gasteiger partial charge in [-0.15, -0.1) is 0 Å². The van der Waals surface area contributed by atoms with E-state index in [1.807, 2.05) is 13.8 Å². The fraction of sp³-hybridized carbons (Fsp3) is 0.167. The van der Waals surface area contributed by atoms with E-state index in [1.54, 1.807) is 47.0 Å². The van der Waals surface area contributed by atoms with Crippen molar-refractivity contribution >= 4 is 16.9 Å². The van der Waals surface area contributed by atoms with Gasteiger partial charge in [-0.25, -0.2) is 9.78 Å². The average molecular weight is 456 g/mol. The van der Waals surface area contributed by atoms with E-state index in [1.165, 1.54) is 6.07 Å². The number of hydrogen-bond acceptors (Lipinski definition) is 4. The third kappa shape index (κ3) is 4.77. The summed E-state index contributed by atoms with van der Waals surface area (Å²) in [5, 5.41) is 10.4. The minimum Gasteiger partial charge on any atom is -0.491 e. The Kier molecular flexibility index (Phi) is 5.71. The van der Waals surface area contributed by atoms with Crippen LogP contribution in [-0.4, -0.2) is 26.7 Å². The summed E-state index contributed by atoms with van der Waals surface area (Å²) in [4.78, 5) is 15.6. The SMILES string of the molecule is CC(C)Oc1ccc(-n2c(C(=O)O)cc3ccc(Oc4ccc(C(F)(F)F)cn4)cc32)cc1. The van der Waals surface area contributed by atoms with E-state index in [-0.39, 0.29) is 17.7 Å². The number of alkyl halides is 3. The molecular weight excluding hydrogens is 437 g/mol. The van der Waals surface area contributed by atoms with Gasteiger partial charge in [-0.3, -0.25) is 0 Å². The summed E-state index contributed by atoms with van der Waals surface area (Å²) >= 11 is 0. The summed E-state index contributed by atoms with van der Waals surface area (Å²) in [5.74, 6) is -0.181. The van der Waals surface area contributed by atoms with Gasteiger partial charge in [0.05, 0.1) is 17.2 Å². The van der Waals surface area contributed by atoms with Gasteiger partial charge in [0.25, 0.3) is 0 Å². The molecule has 0 saturated heterocycles. The van der Waals surface area contributed by atoms with Gasteiger partial charge < -0.3 is 19.1 Å². The van der Waals surface area contributed by atoms with Crippen LogP contribution < -0.4 is 9.47 Å². The molecule has 0 radical (unpaired) electrons. The number of carboxylic acid groups (broad SMARTS) is 1. The van der Waals surface area contributed by atoms with E-state index in [9.17, 15) is 23.1 Å². The van der Waals surface area contributed by atoms with Crippen LogP contribution in [0, 0.1) is 0 Å². The highest BCUT2D eigenvalue weighted by Gasteiger charge is 2.30. The van der Waals surface area contributed by atoms with E-state index >= 15 is 0 Å². The van der Waals surface area contributed by atoms with Crippen LogP contribution in [0.15, 0.2) is 66.9 Å². The van der Waals surface area contributed by atoms with Crippen LogP contribution in [0.1, 0.15) is 29.9 Å². The molecule has 170 valence electrons. The molecule has 0 unspecified atom stereocenters. The van der Waals surface area contributed by atoms with Crippen molar-refractivity contribution in [2.24, 2.45) is 0 Å². The molecule has 33 heavy (non-hydrogen) atoms. The zero-order valence-corrected chi connectivity index (χ0v) is 17.6. The second-order valence-electron chi connectivity index (χ2n) is 7.54. The molecule has 0 fully saturated rings. The summed E-state index contributed by atoms with van der Waals surface area (Å²) in [7, 11) is 0. The number of benzene rings is 2. The van der Waals surface area contributed by atoms with Gasteiger partial charge in [-0.1, -0.05) is 0 Å². The molecule has 2 aromatic carbocycles. The van der Waals surface area contributed by atoms with Gasteiger partial charge in [-0.2, -0.15) is 13.2 Å².